The zero-order valence-corrected chi connectivity index (χ0v) is 16.2. The number of nitrogens with zero attached hydrogens (tertiary/aromatic N) is 1. The number of carbonyl (C=O) groups is 1. The lowest BCUT2D eigenvalue weighted by Crippen LogP contribution is -2.35. The standard InChI is InChI=1S/C20H24N2O4S/c1-2-20(23)22-12-10-16-8-9-19(14-17(16)15-22)27(24,25)21-11-13-26-18-6-4-3-5-7-18/h3-9,14,21H,2,10-13,15H2,1H3. The molecule has 0 spiro atoms. The van der Waals surface area contributed by atoms with Crippen molar-refractivity contribution >= 4 is 15.9 Å². The molecule has 0 aromatic heterocycles. The van der Waals surface area contributed by atoms with E-state index in [-0.39, 0.29) is 24.0 Å². The summed E-state index contributed by atoms with van der Waals surface area (Å²) in [5, 5.41) is 0. The first-order valence-corrected chi connectivity index (χ1v) is 10.5. The number of carbonyl (C=O) groups excluding carboxylic acids is 1. The van der Waals surface area contributed by atoms with Crippen LogP contribution in [-0.2, 0) is 27.8 Å². The first kappa shape index (κ1) is 19.4. The molecule has 3 rings (SSSR count). The Bertz CT molecular complexity index is 897. The monoisotopic (exact) mass is 388 g/mol. The van der Waals surface area contributed by atoms with E-state index in [1.54, 1.807) is 17.0 Å². The van der Waals surface area contributed by atoms with E-state index in [0.29, 0.717) is 25.3 Å². The lowest BCUT2D eigenvalue weighted by Gasteiger charge is -2.29. The van der Waals surface area contributed by atoms with E-state index >= 15 is 0 Å². The average molecular weight is 388 g/mol. The Morgan fingerprint density at radius 2 is 1.93 bits per heavy atom. The van der Waals surface area contributed by atoms with E-state index in [1.165, 1.54) is 0 Å². The second kappa shape index (κ2) is 8.54. The van der Waals surface area contributed by atoms with E-state index < -0.39 is 10.0 Å². The van der Waals surface area contributed by atoms with Crippen molar-refractivity contribution in [3.63, 3.8) is 0 Å². The Morgan fingerprint density at radius 1 is 1.15 bits per heavy atom. The molecule has 0 radical (unpaired) electrons. The molecule has 7 heteroatoms. The van der Waals surface area contributed by atoms with Gasteiger partial charge in [0.05, 0.1) is 4.90 Å². The van der Waals surface area contributed by atoms with Crippen LogP contribution in [0.1, 0.15) is 24.5 Å². The minimum absolute atomic E-state index is 0.0881. The Morgan fingerprint density at radius 3 is 2.67 bits per heavy atom. The van der Waals surface area contributed by atoms with Crippen molar-refractivity contribution in [1.29, 1.82) is 0 Å². The fourth-order valence-electron chi connectivity index (χ4n) is 3.08. The van der Waals surface area contributed by atoms with Gasteiger partial charge in [-0.05, 0) is 41.8 Å². The molecule has 1 aliphatic rings. The number of sulfonamides is 1. The fourth-order valence-corrected chi connectivity index (χ4v) is 4.15. The second-order valence-electron chi connectivity index (χ2n) is 6.41. The van der Waals surface area contributed by atoms with Gasteiger partial charge in [0.2, 0.25) is 15.9 Å². The van der Waals surface area contributed by atoms with Gasteiger partial charge in [-0.2, -0.15) is 0 Å². The molecule has 1 amide bonds. The molecule has 27 heavy (non-hydrogen) atoms. The van der Waals surface area contributed by atoms with E-state index in [0.717, 1.165) is 17.5 Å². The summed E-state index contributed by atoms with van der Waals surface area (Å²) in [6.07, 6.45) is 1.20. The van der Waals surface area contributed by atoms with Gasteiger partial charge in [0.15, 0.2) is 0 Å². The molecule has 0 saturated heterocycles. The first-order valence-electron chi connectivity index (χ1n) is 9.06. The number of ether oxygens (including phenoxy) is 1. The van der Waals surface area contributed by atoms with E-state index in [4.69, 9.17) is 4.74 Å². The van der Waals surface area contributed by atoms with Crippen molar-refractivity contribution in [2.75, 3.05) is 19.7 Å². The third kappa shape index (κ3) is 4.87. The predicted octanol–water partition coefficient (Wildman–Crippen LogP) is 2.34. The molecule has 2 aromatic rings. The maximum atomic E-state index is 12.6. The lowest BCUT2D eigenvalue weighted by atomic mass is 10.00. The van der Waals surface area contributed by atoms with Gasteiger partial charge in [-0.15, -0.1) is 0 Å². The zero-order valence-electron chi connectivity index (χ0n) is 15.3. The Hall–Kier alpha value is -2.38. The van der Waals surface area contributed by atoms with Crippen LogP contribution in [0.5, 0.6) is 5.75 Å². The fraction of sp³-hybridized carbons (Fsp3) is 0.350. The summed E-state index contributed by atoms with van der Waals surface area (Å²) in [4.78, 5) is 13.9. The van der Waals surface area contributed by atoms with E-state index in [1.807, 2.05) is 43.3 Å². The highest BCUT2D eigenvalue weighted by Gasteiger charge is 2.22. The summed E-state index contributed by atoms with van der Waals surface area (Å²) in [5.41, 5.74) is 1.99. The minimum Gasteiger partial charge on any atom is -0.492 e. The molecule has 0 bridgehead atoms. The maximum Gasteiger partial charge on any atom is 0.240 e. The Balaban J connectivity index is 1.62. The number of amides is 1. The first-order chi connectivity index (χ1) is 13.0. The highest BCUT2D eigenvalue weighted by molar-refractivity contribution is 7.89. The summed E-state index contributed by atoms with van der Waals surface area (Å²) < 4.78 is 33.2. The molecule has 6 nitrogen and oxygen atoms in total. The molecule has 0 saturated carbocycles. The Kier molecular flexibility index (Phi) is 6.13. The summed E-state index contributed by atoms with van der Waals surface area (Å²) in [6.45, 7) is 3.39. The van der Waals surface area contributed by atoms with E-state index in [2.05, 4.69) is 4.72 Å². The topological polar surface area (TPSA) is 75.7 Å². The molecule has 1 aliphatic heterocycles. The van der Waals surface area contributed by atoms with Crippen LogP contribution in [0.25, 0.3) is 0 Å². The zero-order chi connectivity index (χ0) is 19.3. The molecular weight excluding hydrogens is 364 g/mol. The van der Waals surface area contributed by atoms with Gasteiger partial charge in [-0.3, -0.25) is 4.79 Å². The van der Waals surface area contributed by atoms with Gasteiger partial charge >= 0.3 is 0 Å². The number of nitrogens with one attached hydrogen (secondary N) is 1. The average Bonchev–Trinajstić information content (AvgIpc) is 2.70. The third-order valence-corrected chi connectivity index (χ3v) is 6.02. The highest BCUT2D eigenvalue weighted by Crippen LogP contribution is 2.23. The number of fused-ring (bicyclic) bond motifs is 1. The smallest absolute Gasteiger partial charge is 0.240 e. The van der Waals surface area contributed by atoms with Gasteiger partial charge in [-0.25, -0.2) is 13.1 Å². The lowest BCUT2D eigenvalue weighted by molar-refractivity contribution is -0.131. The number of hydrogen-bond acceptors (Lipinski definition) is 4. The van der Waals surface area contributed by atoms with Crippen LogP contribution in [0, 0.1) is 0 Å². The quantitative estimate of drug-likeness (QED) is 0.739. The second-order valence-corrected chi connectivity index (χ2v) is 8.18. The van der Waals surface area contributed by atoms with Crippen molar-refractivity contribution in [3.05, 3.63) is 59.7 Å². The summed E-state index contributed by atoms with van der Waals surface area (Å²) in [5.74, 6) is 0.788. The van der Waals surface area contributed by atoms with Crippen LogP contribution in [0.3, 0.4) is 0 Å². The highest BCUT2D eigenvalue weighted by atomic mass is 32.2. The molecule has 2 aromatic carbocycles. The van der Waals surface area contributed by atoms with Crippen molar-refractivity contribution < 1.29 is 17.9 Å². The van der Waals surface area contributed by atoms with Crippen LogP contribution >= 0.6 is 0 Å². The number of rotatable bonds is 7. The van der Waals surface area contributed by atoms with Gasteiger partial charge in [0.1, 0.15) is 12.4 Å². The van der Waals surface area contributed by atoms with Crippen LogP contribution in [0.15, 0.2) is 53.4 Å². The van der Waals surface area contributed by atoms with Crippen molar-refractivity contribution in [2.45, 2.75) is 31.2 Å². The number of benzene rings is 2. The van der Waals surface area contributed by atoms with Crippen LogP contribution < -0.4 is 9.46 Å². The SMILES string of the molecule is CCC(=O)N1CCc2ccc(S(=O)(=O)NCCOc3ccccc3)cc2C1. The summed E-state index contributed by atoms with van der Waals surface area (Å²) in [7, 11) is -3.62. The molecule has 1 N–H and O–H groups in total. The van der Waals surface area contributed by atoms with Crippen molar-refractivity contribution in [2.24, 2.45) is 0 Å². The molecule has 0 aliphatic carbocycles. The molecule has 0 unspecified atom stereocenters. The minimum atomic E-state index is -3.62. The number of para-hydroxylation sites is 1. The van der Waals surface area contributed by atoms with Crippen LogP contribution in [0.4, 0.5) is 0 Å². The Labute approximate surface area is 160 Å². The summed E-state index contributed by atoms with van der Waals surface area (Å²) >= 11 is 0. The summed E-state index contributed by atoms with van der Waals surface area (Å²) in [6, 6.07) is 14.4. The van der Waals surface area contributed by atoms with Gasteiger partial charge in [0, 0.05) is 26.1 Å². The van der Waals surface area contributed by atoms with Crippen LogP contribution in [0.2, 0.25) is 0 Å². The molecule has 0 atom stereocenters. The maximum absolute atomic E-state index is 12.6. The molecule has 144 valence electrons. The van der Waals surface area contributed by atoms with E-state index in [9.17, 15) is 13.2 Å². The normalized spacial score (nSPS) is 13.9. The van der Waals surface area contributed by atoms with Crippen LogP contribution in [-0.4, -0.2) is 38.9 Å². The number of hydrogen-bond donors (Lipinski definition) is 1. The van der Waals surface area contributed by atoms with Crippen molar-refractivity contribution in [1.82, 2.24) is 9.62 Å². The third-order valence-electron chi connectivity index (χ3n) is 4.56. The van der Waals surface area contributed by atoms with Gasteiger partial charge in [-0.1, -0.05) is 31.2 Å². The van der Waals surface area contributed by atoms with Gasteiger partial charge in [0.25, 0.3) is 0 Å². The predicted molar refractivity (Wildman–Crippen MR) is 103 cm³/mol. The largest absolute Gasteiger partial charge is 0.492 e. The van der Waals surface area contributed by atoms with Crippen molar-refractivity contribution in [3.8, 4) is 5.75 Å². The molecule has 0 fully saturated rings. The molecular formula is C20H24N2O4S. The van der Waals surface area contributed by atoms with Gasteiger partial charge < -0.3 is 9.64 Å². The molecule has 1 heterocycles.